The highest BCUT2D eigenvalue weighted by molar-refractivity contribution is 9.10. The zero-order valence-corrected chi connectivity index (χ0v) is 23.9. The van der Waals surface area contributed by atoms with Crippen LogP contribution in [0.2, 0.25) is 0 Å². The third-order valence-electron chi connectivity index (χ3n) is 6.93. The number of aromatic nitrogens is 1. The number of benzene rings is 3. The molecule has 2 unspecified atom stereocenters. The van der Waals surface area contributed by atoms with E-state index in [0.717, 1.165) is 26.9 Å². The van der Waals surface area contributed by atoms with Crippen LogP contribution in [0.5, 0.6) is 0 Å². The van der Waals surface area contributed by atoms with E-state index < -0.39 is 17.1 Å². The van der Waals surface area contributed by atoms with Gasteiger partial charge in [-0.1, -0.05) is 87.1 Å². The van der Waals surface area contributed by atoms with E-state index in [9.17, 15) is 19.2 Å². The minimum Gasteiger partial charge on any atom is -0.325 e. The Bertz CT molecular complexity index is 1650. The summed E-state index contributed by atoms with van der Waals surface area (Å²) in [5, 5.41) is 2.66. The van der Waals surface area contributed by atoms with Gasteiger partial charge in [0.2, 0.25) is 17.7 Å². The van der Waals surface area contributed by atoms with Crippen LogP contribution in [0, 0.1) is 12.8 Å². The van der Waals surface area contributed by atoms with Crippen LogP contribution in [0.3, 0.4) is 0 Å². The number of nitrogens with zero attached hydrogens (tertiary/aromatic N) is 2. The Balaban J connectivity index is 1.42. The zero-order valence-electron chi connectivity index (χ0n) is 20.7. The molecule has 4 aromatic rings. The van der Waals surface area contributed by atoms with E-state index in [1.165, 1.54) is 21.2 Å². The fraction of sp³-hybridized carbons (Fsp3) is 0.172. The summed E-state index contributed by atoms with van der Waals surface area (Å²) in [6, 6.07) is 23.9. The average Bonchev–Trinajstić information content (AvgIpc) is 3.36. The molecule has 3 heterocycles. The normalized spacial score (nSPS) is 20.1. The standard InChI is InChI=1S/C29H22BrN3O4S2/c1-16-7-13-20(14-8-16)33-26(35)23-22(17-9-11-18(30)12-10-17)25-28(38-24(23)27(33)36)32(29(37)39-25)15-21(34)31-19-5-3-2-4-6-19/h2-14,22-24H,15H2,1H3,(H,31,34)/t22-,23?,24?/m1/s1. The molecule has 3 atom stereocenters. The van der Waals surface area contributed by atoms with Crippen molar-refractivity contribution in [1.82, 2.24) is 4.57 Å². The molecule has 0 spiro atoms. The summed E-state index contributed by atoms with van der Waals surface area (Å²) in [6.07, 6.45) is 0. The van der Waals surface area contributed by atoms with Crippen LogP contribution < -0.4 is 15.1 Å². The Labute approximate surface area is 241 Å². The first kappa shape index (κ1) is 25.8. The number of hydrogen-bond acceptors (Lipinski definition) is 6. The van der Waals surface area contributed by atoms with Crippen LogP contribution in [-0.2, 0) is 20.9 Å². The largest absolute Gasteiger partial charge is 0.325 e. The van der Waals surface area contributed by atoms with Gasteiger partial charge in [-0.05, 0) is 48.9 Å². The van der Waals surface area contributed by atoms with Crippen molar-refractivity contribution in [1.29, 1.82) is 0 Å². The number of anilines is 2. The fourth-order valence-electron chi connectivity index (χ4n) is 5.10. The first-order valence-electron chi connectivity index (χ1n) is 12.3. The number of imide groups is 1. The molecular formula is C29H22BrN3O4S2. The smallest absolute Gasteiger partial charge is 0.308 e. The number of amides is 3. The number of rotatable bonds is 5. The predicted molar refractivity (Wildman–Crippen MR) is 156 cm³/mol. The van der Waals surface area contributed by atoms with Gasteiger partial charge in [-0.2, -0.15) is 0 Å². The second kappa shape index (κ2) is 10.3. The number of thioether (sulfide) groups is 1. The second-order valence-electron chi connectivity index (χ2n) is 9.48. The molecule has 10 heteroatoms. The Kier molecular flexibility index (Phi) is 6.78. The summed E-state index contributed by atoms with van der Waals surface area (Å²) < 4.78 is 2.31. The minimum atomic E-state index is -0.725. The van der Waals surface area contributed by atoms with Crippen molar-refractivity contribution in [3.8, 4) is 0 Å². The van der Waals surface area contributed by atoms with E-state index >= 15 is 0 Å². The number of thiazole rings is 1. The van der Waals surface area contributed by atoms with Crippen LogP contribution in [0.1, 0.15) is 21.9 Å². The first-order chi connectivity index (χ1) is 18.8. The van der Waals surface area contributed by atoms with Crippen molar-refractivity contribution in [2.45, 2.75) is 29.7 Å². The maximum atomic E-state index is 13.9. The van der Waals surface area contributed by atoms with E-state index in [-0.39, 0.29) is 29.1 Å². The summed E-state index contributed by atoms with van der Waals surface area (Å²) in [5.41, 5.74) is 3.02. The number of aryl methyl sites for hydroxylation is 1. The second-order valence-corrected chi connectivity index (χ2v) is 12.5. The fourth-order valence-corrected chi connectivity index (χ4v) is 8.14. The highest BCUT2D eigenvalue weighted by Crippen LogP contribution is 2.53. The highest BCUT2D eigenvalue weighted by Gasteiger charge is 2.56. The molecule has 1 fully saturated rings. The lowest BCUT2D eigenvalue weighted by atomic mass is 9.83. The zero-order chi connectivity index (χ0) is 27.3. The lowest BCUT2D eigenvalue weighted by Gasteiger charge is -2.30. The molecule has 0 saturated carbocycles. The van der Waals surface area contributed by atoms with Gasteiger partial charge in [-0.25, -0.2) is 4.90 Å². The molecule has 1 N–H and O–H groups in total. The maximum absolute atomic E-state index is 13.9. The maximum Gasteiger partial charge on any atom is 0.308 e. The Morgan fingerprint density at radius 1 is 0.923 bits per heavy atom. The van der Waals surface area contributed by atoms with Crippen LogP contribution in [0.15, 0.2) is 93.2 Å². The summed E-state index contributed by atoms with van der Waals surface area (Å²) in [5.74, 6) is -2.12. The molecule has 0 bridgehead atoms. The molecule has 3 aromatic carbocycles. The van der Waals surface area contributed by atoms with Crippen molar-refractivity contribution < 1.29 is 14.4 Å². The molecule has 0 aliphatic carbocycles. The minimum absolute atomic E-state index is 0.194. The molecule has 0 radical (unpaired) electrons. The van der Waals surface area contributed by atoms with E-state index in [2.05, 4.69) is 21.2 Å². The van der Waals surface area contributed by atoms with Gasteiger partial charge in [0.25, 0.3) is 0 Å². The predicted octanol–water partition coefficient (Wildman–Crippen LogP) is 5.42. The van der Waals surface area contributed by atoms with Crippen molar-refractivity contribution >= 4 is 68.1 Å². The quantitative estimate of drug-likeness (QED) is 0.302. The molecule has 2 aliphatic rings. The number of nitrogens with one attached hydrogen (secondary N) is 1. The van der Waals surface area contributed by atoms with Crippen molar-refractivity contribution in [3.05, 3.63) is 109 Å². The Morgan fingerprint density at radius 2 is 1.62 bits per heavy atom. The summed E-state index contributed by atoms with van der Waals surface area (Å²) in [4.78, 5) is 55.5. The molecule has 7 nitrogen and oxygen atoms in total. The molecule has 196 valence electrons. The number of carbonyl (C=O) groups excluding carboxylic acids is 3. The van der Waals surface area contributed by atoms with E-state index in [1.807, 2.05) is 61.5 Å². The van der Waals surface area contributed by atoms with Gasteiger partial charge < -0.3 is 5.32 Å². The summed E-state index contributed by atoms with van der Waals surface area (Å²) in [6.45, 7) is 1.75. The first-order valence-corrected chi connectivity index (χ1v) is 14.8. The van der Waals surface area contributed by atoms with Crippen LogP contribution in [0.4, 0.5) is 11.4 Å². The van der Waals surface area contributed by atoms with Crippen LogP contribution in [0.25, 0.3) is 0 Å². The lowest BCUT2D eigenvalue weighted by Crippen LogP contribution is -2.33. The van der Waals surface area contributed by atoms with Gasteiger partial charge >= 0.3 is 4.87 Å². The van der Waals surface area contributed by atoms with Gasteiger partial charge in [0.05, 0.1) is 16.6 Å². The molecule has 6 rings (SSSR count). The topological polar surface area (TPSA) is 88.5 Å². The number of halogens is 1. The molecule has 2 aliphatic heterocycles. The van der Waals surface area contributed by atoms with E-state index in [1.54, 1.807) is 24.3 Å². The molecule has 3 amide bonds. The number of hydrogen-bond donors (Lipinski definition) is 1. The number of carbonyl (C=O) groups is 3. The molecule has 1 saturated heterocycles. The Hall–Kier alpha value is -3.47. The van der Waals surface area contributed by atoms with E-state index in [4.69, 9.17) is 0 Å². The molecule has 39 heavy (non-hydrogen) atoms. The van der Waals surface area contributed by atoms with Crippen molar-refractivity contribution in [2.75, 3.05) is 10.2 Å². The van der Waals surface area contributed by atoms with E-state index in [0.29, 0.717) is 21.3 Å². The SMILES string of the molecule is Cc1ccc(N2C(=O)C3Sc4c(sc(=O)n4CC(=O)Nc4ccccc4)[C@H](c4ccc(Br)cc4)C3C2=O)cc1. The van der Waals surface area contributed by atoms with Gasteiger partial charge in [0.15, 0.2) is 0 Å². The van der Waals surface area contributed by atoms with Gasteiger partial charge in [-0.15, -0.1) is 0 Å². The number of fused-ring (bicyclic) bond motifs is 2. The monoisotopic (exact) mass is 619 g/mol. The molecular weight excluding hydrogens is 598 g/mol. The van der Waals surface area contributed by atoms with Crippen LogP contribution >= 0.6 is 39.0 Å². The van der Waals surface area contributed by atoms with Gasteiger partial charge in [0, 0.05) is 21.0 Å². The average molecular weight is 621 g/mol. The molecule has 1 aromatic heterocycles. The lowest BCUT2D eigenvalue weighted by molar-refractivity contribution is -0.122. The van der Waals surface area contributed by atoms with Crippen LogP contribution in [-0.4, -0.2) is 27.5 Å². The third kappa shape index (κ3) is 4.66. The van der Waals surface area contributed by atoms with Gasteiger partial charge in [0.1, 0.15) is 11.8 Å². The Morgan fingerprint density at radius 3 is 2.31 bits per heavy atom. The van der Waals surface area contributed by atoms with Crippen molar-refractivity contribution in [3.63, 3.8) is 0 Å². The third-order valence-corrected chi connectivity index (χ3v) is 10.1. The summed E-state index contributed by atoms with van der Waals surface area (Å²) >= 11 is 5.71. The van der Waals surface area contributed by atoms with Gasteiger partial charge in [-0.3, -0.25) is 23.7 Å². The number of para-hydroxylation sites is 1. The van der Waals surface area contributed by atoms with Crippen molar-refractivity contribution in [2.24, 2.45) is 5.92 Å². The highest BCUT2D eigenvalue weighted by atomic mass is 79.9. The summed E-state index contributed by atoms with van der Waals surface area (Å²) in [7, 11) is 0.